The minimum atomic E-state index is -1.01. The van der Waals surface area contributed by atoms with Gasteiger partial charge in [0.2, 0.25) is 0 Å². The number of ether oxygens (including phenoxy) is 1. The lowest BCUT2D eigenvalue weighted by atomic mass is 10.1. The molecule has 0 fully saturated rings. The normalized spacial score (nSPS) is 13.7. The third-order valence-electron chi connectivity index (χ3n) is 3.30. The number of hydrogen-bond donors (Lipinski definition) is 3. The molecule has 124 valence electrons. The number of esters is 1. The summed E-state index contributed by atoms with van der Waals surface area (Å²) in [6.45, 7) is 5.18. The Labute approximate surface area is 127 Å². The van der Waals surface area contributed by atoms with Crippen LogP contribution in [0.3, 0.4) is 0 Å². The van der Waals surface area contributed by atoms with E-state index in [2.05, 4.69) is 12.2 Å². The van der Waals surface area contributed by atoms with Crippen LogP contribution in [0, 0.1) is 0 Å². The minimum Gasteiger partial charge on any atom is -0.480 e. The van der Waals surface area contributed by atoms with Crippen molar-refractivity contribution in [3.05, 3.63) is 0 Å². The Morgan fingerprint density at radius 2 is 1.86 bits per heavy atom. The molecule has 0 aromatic heterocycles. The molecule has 0 aliphatic rings. The number of unbranched alkanes of at least 4 members (excludes halogenated alkanes) is 3. The average molecular weight is 302 g/mol. The predicted octanol–water partition coefficient (Wildman–Crippen LogP) is 1.67. The van der Waals surface area contributed by atoms with E-state index in [-0.39, 0.29) is 12.0 Å². The van der Waals surface area contributed by atoms with Crippen LogP contribution in [0.5, 0.6) is 0 Å². The number of rotatable bonds is 13. The predicted molar refractivity (Wildman–Crippen MR) is 82.0 cm³/mol. The van der Waals surface area contributed by atoms with Crippen LogP contribution in [-0.2, 0) is 14.3 Å². The molecule has 0 aromatic carbocycles. The largest absolute Gasteiger partial charge is 0.480 e. The second-order valence-electron chi connectivity index (χ2n) is 5.21. The van der Waals surface area contributed by atoms with Crippen LogP contribution in [0.2, 0.25) is 0 Å². The highest BCUT2D eigenvalue weighted by Gasteiger charge is 2.19. The molecule has 21 heavy (non-hydrogen) atoms. The van der Waals surface area contributed by atoms with E-state index >= 15 is 0 Å². The van der Waals surface area contributed by atoms with E-state index in [0.29, 0.717) is 32.4 Å². The summed E-state index contributed by atoms with van der Waals surface area (Å²) in [6.07, 6.45) is 5.75. The molecule has 0 saturated carbocycles. The maximum absolute atomic E-state index is 11.9. The van der Waals surface area contributed by atoms with Crippen LogP contribution in [0.15, 0.2) is 0 Å². The van der Waals surface area contributed by atoms with Gasteiger partial charge < -0.3 is 20.9 Å². The van der Waals surface area contributed by atoms with Crippen LogP contribution in [0.25, 0.3) is 0 Å². The van der Waals surface area contributed by atoms with Gasteiger partial charge in [-0.1, -0.05) is 33.1 Å². The molecule has 0 amide bonds. The Bertz CT molecular complexity index is 297. The summed E-state index contributed by atoms with van der Waals surface area (Å²) < 4.78 is 5.26. The van der Waals surface area contributed by atoms with Crippen molar-refractivity contribution in [1.29, 1.82) is 0 Å². The zero-order chi connectivity index (χ0) is 16.1. The van der Waals surface area contributed by atoms with Crippen molar-refractivity contribution in [2.24, 2.45) is 5.73 Å². The van der Waals surface area contributed by atoms with E-state index in [1.807, 2.05) is 6.92 Å². The van der Waals surface area contributed by atoms with E-state index in [4.69, 9.17) is 15.6 Å². The van der Waals surface area contributed by atoms with Gasteiger partial charge in [0.1, 0.15) is 12.1 Å². The van der Waals surface area contributed by atoms with Crippen molar-refractivity contribution >= 4 is 11.9 Å². The zero-order valence-corrected chi connectivity index (χ0v) is 13.3. The van der Waals surface area contributed by atoms with E-state index in [0.717, 1.165) is 25.7 Å². The molecule has 4 N–H and O–H groups in total. The topological polar surface area (TPSA) is 102 Å². The molecule has 0 saturated heterocycles. The van der Waals surface area contributed by atoms with Gasteiger partial charge in [-0.05, 0) is 32.2 Å². The number of carbonyl (C=O) groups excluding carboxylic acids is 1. The second-order valence-corrected chi connectivity index (χ2v) is 5.21. The van der Waals surface area contributed by atoms with Crippen molar-refractivity contribution in [1.82, 2.24) is 5.32 Å². The molecular weight excluding hydrogens is 272 g/mol. The number of nitrogens with two attached hydrogens (primary N) is 1. The maximum Gasteiger partial charge on any atom is 0.323 e. The molecule has 2 atom stereocenters. The van der Waals surface area contributed by atoms with Gasteiger partial charge in [0.05, 0.1) is 6.61 Å². The Kier molecular flexibility index (Phi) is 11.9. The van der Waals surface area contributed by atoms with Crippen molar-refractivity contribution in [3.63, 3.8) is 0 Å². The summed E-state index contributed by atoms with van der Waals surface area (Å²) in [6, 6.07) is -1.24. The van der Waals surface area contributed by atoms with Crippen LogP contribution in [0.4, 0.5) is 0 Å². The van der Waals surface area contributed by atoms with E-state index < -0.39 is 12.0 Å². The van der Waals surface area contributed by atoms with Gasteiger partial charge in [-0.2, -0.15) is 0 Å². The van der Waals surface area contributed by atoms with Gasteiger partial charge in [0, 0.05) is 0 Å². The highest BCUT2D eigenvalue weighted by atomic mass is 16.5. The van der Waals surface area contributed by atoms with Gasteiger partial charge in [0.15, 0.2) is 0 Å². The Hall–Kier alpha value is -1.14. The fraction of sp³-hybridized carbons (Fsp3) is 0.867. The van der Waals surface area contributed by atoms with Gasteiger partial charge >= 0.3 is 11.9 Å². The molecule has 1 unspecified atom stereocenters. The van der Waals surface area contributed by atoms with Crippen LogP contribution in [-0.4, -0.2) is 42.3 Å². The second kappa shape index (κ2) is 12.6. The number of likely N-dealkylation sites (N-methyl/N-ethyl adjacent to an activating group) is 1. The lowest BCUT2D eigenvalue weighted by molar-refractivity contribution is -0.146. The monoisotopic (exact) mass is 302 g/mol. The molecule has 6 nitrogen and oxygen atoms in total. The number of hydrogen-bond acceptors (Lipinski definition) is 5. The molecule has 0 heterocycles. The molecule has 0 aliphatic carbocycles. The molecule has 0 radical (unpaired) electrons. The number of nitrogens with one attached hydrogen (secondary N) is 1. The van der Waals surface area contributed by atoms with E-state index in [1.54, 1.807) is 0 Å². The molecule has 0 spiro atoms. The third kappa shape index (κ3) is 10.3. The van der Waals surface area contributed by atoms with Gasteiger partial charge in [-0.25, -0.2) is 0 Å². The molecule has 0 aliphatic heterocycles. The van der Waals surface area contributed by atoms with Gasteiger partial charge in [0.25, 0.3) is 0 Å². The highest BCUT2D eigenvalue weighted by molar-refractivity contribution is 5.75. The molecule has 0 rings (SSSR count). The SMILES string of the molecule is CCCCCCOC(=O)C(CCC[C@H](N)C(=O)O)NCC. The molecule has 0 bridgehead atoms. The number of carboxylic acids is 1. The van der Waals surface area contributed by atoms with Crippen molar-refractivity contribution in [2.45, 2.75) is 70.9 Å². The summed E-state index contributed by atoms with van der Waals surface area (Å²) >= 11 is 0. The zero-order valence-electron chi connectivity index (χ0n) is 13.3. The fourth-order valence-corrected chi connectivity index (χ4v) is 2.02. The first-order valence-corrected chi connectivity index (χ1v) is 7.91. The summed E-state index contributed by atoms with van der Waals surface area (Å²) in [4.78, 5) is 22.6. The first kappa shape index (κ1) is 19.9. The number of carboxylic acid groups (broad SMARTS) is 1. The molecule has 6 heteroatoms. The quantitative estimate of drug-likeness (QED) is 0.353. The summed E-state index contributed by atoms with van der Waals surface area (Å²) in [5.41, 5.74) is 5.44. The summed E-state index contributed by atoms with van der Waals surface area (Å²) in [5, 5.41) is 11.8. The van der Waals surface area contributed by atoms with Gasteiger partial charge in [-0.15, -0.1) is 0 Å². The average Bonchev–Trinajstić information content (AvgIpc) is 2.45. The van der Waals surface area contributed by atoms with Crippen molar-refractivity contribution in [3.8, 4) is 0 Å². The standard InChI is InChI=1S/C15H30N2O4/c1-3-5-6-7-11-21-15(20)13(17-4-2)10-8-9-12(16)14(18)19/h12-13,17H,3-11,16H2,1-2H3,(H,18,19)/t12-,13?/m0/s1. The van der Waals surface area contributed by atoms with Crippen LogP contribution >= 0.6 is 0 Å². The summed E-state index contributed by atoms with van der Waals surface area (Å²) in [5.74, 6) is -1.26. The minimum absolute atomic E-state index is 0.253. The first-order chi connectivity index (χ1) is 10.0. The summed E-state index contributed by atoms with van der Waals surface area (Å²) in [7, 11) is 0. The lowest BCUT2D eigenvalue weighted by Gasteiger charge is -2.17. The Morgan fingerprint density at radius 1 is 1.14 bits per heavy atom. The van der Waals surface area contributed by atoms with Gasteiger partial charge in [-0.3, -0.25) is 9.59 Å². The Balaban J connectivity index is 3.97. The first-order valence-electron chi connectivity index (χ1n) is 7.91. The smallest absolute Gasteiger partial charge is 0.323 e. The van der Waals surface area contributed by atoms with E-state index in [1.165, 1.54) is 0 Å². The lowest BCUT2D eigenvalue weighted by Crippen LogP contribution is -2.38. The fourth-order valence-electron chi connectivity index (χ4n) is 2.02. The van der Waals surface area contributed by atoms with Crippen molar-refractivity contribution in [2.75, 3.05) is 13.2 Å². The maximum atomic E-state index is 11.9. The number of aliphatic carboxylic acids is 1. The molecule has 0 aromatic rings. The molecular formula is C15H30N2O4. The third-order valence-corrected chi connectivity index (χ3v) is 3.30. The Morgan fingerprint density at radius 3 is 2.43 bits per heavy atom. The number of carbonyl (C=O) groups is 2. The highest BCUT2D eigenvalue weighted by Crippen LogP contribution is 2.06. The van der Waals surface area contributed by atoms with Crippen LogP contribution < -0.4 is 11.1 Å². The van der Waals surface area contributed by atoms with E-state index in [9.17, 15) is 9.59 Å². The van der Waals surface area contributed by atoms with Crippen LogP contribution in [0.1, 0.15) is 58.8 Å². The van der Waals surface area contributed by atoms with Crippen molar-refractivity contribution < 1.29 is 19.4 Å².